The molecule has 0 saturated carbocycles. The van der Waals surface area contributed by atoms with Crippen LogP contribution in [0.2, 0.25) is 0 Å². The van der Waals surface area contributed by atoms with Crippen molar-refractivity contribution in [1.82, 2.24) is 20.0 Å². The summed E-state index contributed by atoms with van der Waals surface area (Å²) in [5, 5.41) is 6.22. The highest BCUT2D eigenvalue weighted by molar-refractivity contribution is 5.95. The maximum atomic E-state index is 13.9. The lowest BCUT2D eigenvalue weighted by Gasteiger charge is -2.20. The summed E-state index contributed by atoms with van der Waals surface area (Å²) in [5.74, 6) is -1.25. The van der Waals surface area contributed by atoms with Crippen molar-refractivity contribution in [3.63, 3.8) is 0 Å². The second-order valence-corrected chi connectivity index (χ2v) is 8.54. The van der Waals surface area contributed by atoms with Crippen LogP contribution in [0.5, 0.6) is 5.75 Å². The topological polar surface area (TPSA) is 67.7 Å². The fourth-order valence-electron chi connectivity index (χ4n) is 3.25. The summed E-state index contributed by atoms with van der Waals surface area (Å²) in [4.78, 5) is 17.3. The van der Waals surface area contributed by atoms with Gasteiger partial charge in [0.15, 0.2) is 11.4 Å². The molecule has 0 spiro atoms. The fraction of sp³-hybridized carbons (Fsp3) is 0.391. The lowest BCUT2D eigenvalue weighted by molar-refractivity contribution is 0.0946. The highest BCUT2D eigenvalue weighted by Gasteiger charge is 2.20. The van der Waals surface area contributed by atoms with E-state index in [4.69, 9.17) is 4.74 Å². The van der Waals surface area contributed by atoms with Crippen LogP contribution in [0, 0.1) is 25.5 Å². The van der Waals surface area contributed by atoms with Crippen molar-refractivity contribution in [1.29, 1.82) is 0 Å². The predicted octanol–water partition coefficient (Wildman–Crippen LogP) is 3.93. The van der Waals surface area contributed by atoms with Gasteiger partial charge < -0.3 is 15.4 Å². The van der Waals surface area contributed by atoms with Crippen LogP contribution in [-0.4, -0.2) is 33.9 Å². The molecule has 0 bridgehead atoms. The Morgan fingerprint density at radius 1 is 1.16 bits per heavy atom. The van der Waals surface area contributed by atoms with Gasteiger partial charge in [0.2, 0.25) is 0 Å². The van der Waals surface area contributed by atoms with Crippen LogP contribution in [0.15, 0.2) is 30.5 Å². The van der Waals surface area contributed by atoms with Gasteiger partial charge in [0.1, 0.15) is 23.9 Å². The number of nitrogens with one attached hydrogen (secondary N) is 2. The number of ether oxygens (including phenoxy) is 1. The lowest BCUT2D eigenvalue weighted by Crippen LogP contribution is -2.41. The van der Waals surface area contributed by atoms with Gasteiger partial charge in [-0.1, -0.05) is 6.07 Å². The first-order valence-corrected chi connectivity index (χ1v) is 10.1. The SMILES string of the molecule is Cc1cc(OCc2c(F)cccc2F)c2nc(C)c(C(=O)NCCNC(C)(C)C)n2c1. The number of nitrogens with zero attached hydrogens (tertiary/aromatic N) is 2. The molecule has 8 heteroatoms. The van der Waals surface area contributed by atoms with Gasteiger partial charge in [-0.05, 0) is 58.4 Å². The molecular weight excluding hydrogens is 402 g/mol. The second kappa shape index (κ2) is 9.01. The number of aromatic nitrogens is 2. The van der Waals surface area contributed by atoms with Gasteiger partial charge in [0.25, 0.3) is 5.91 Å². The molecule has 0 atom stereocenters. The van der Waals surface area contributed by atoms with Crippen molar-refractivity contribution < 1.29 is 18.3 Å². The minimum absolute atomic E-state index is 0.0367. The third-order valence-corrected chi connectivity index (χ3v) is 4.71. The number of carbonyl (C=O) groups is 1. The van der Waals surface area contributed by atoms with Gasteiger partial charge in [0, 0.05) is 24.8 Å². The first-order valence-electron chi connectivity index (χ1n) is 10.1. The van der Waals surface area contributed by atoms with Crippen LogP contribution in [0.1, 0.15) is 48.1 Å². The van der Waals surface area contributed by atoms with E-state index in [1.807, 2.05) is 6.92 Å². The number of aryl methyl sites for hydroxylation is 2. The van der Waals surface area contributed by atoms with Crippen LogP contribution in [0.4, 0.5) is 8.78 Å². The van der Waals surface area contributed by atoms with E-state index in [0.29, 0.717) is 35.9 Å². The standard InChI is InChI=1S/C23H28F2N4O2/c1-14-11-19(31-13-16-17(24)7-6-8-18(16)25)21-28-15(2)20(29(21)12-14)22(30)26-9-10-27-23(3,4)5/h6-8,11-12,27H,9-10,13H2,1-5H3,(H,26,30). The summed E-state index contributed by atoms with van der Waals surface area (Å²) >= 11 is 0. The van der Waals surface area contributed by atoms with E-state index in [1.54, 1.807) is 23.6 Å². The highest BCUT2D eigenvalue weighted by Crippen LogP contribution is 2.26. The van der Waals surface area contributed by atoms with E-state index in [-0.39, 0.29) is 23.6 Å². The number of carbonyl (C=O) groups excluding carboxylic acids is 1. The first kappa shape index (κ1) is 22.7. The summed E-state index contributed by atoms with van der Waals surface area (Å²) in [6.45, 7) is 10.6. The zero-order valence-corrected chi connectivity index (χ0v) is 18.5. The Balaban J connectivity index is 1.83. The lowest BCUT2D eigenvalue weighted by atomic mass is 10.1. The molecule has 1 amide bonds. The van der Waals surface area contributed by atoms with Crippen molar-refractivity contribution in [2.24, 2.45) is 0 Å². The van der Waals surface area contributed by atoms with E-state index in [9.17, 15) is 13.6 Å². The Morgan fingerprint density at radius 2 is 1.84 bits per heavy atom. The Morgan fingerprint density at radius 3 is 2.48 bits per heavy atom. The number of halogens is 2. The predicted molar refractivity (Wildman–Crippen MR) is 115 cm³/mol. The monoisotopic (exact) mass is 430 g/mol. The van der Waals surface area contributed by atoms with Crippen molar-refractivity contribution in [2.75, 3.05) is 13.1 Å². The van der Waals surface area contributed by atoms with Crippen LogP contribution < -0.4 is 15.4 Å². The van der Waals surface area contributed by atoms with Crippen molar-refractivity contribution in [3.05, 3.63) is 64.6 Å². The van der Waals surface area contributed by atoms with E-state index >= 15 is 0 Å². The molecule has 0 fully saturated rings. The summed E-state index contributed by atoms with van der Waals surface area (Å²) in [5.41, 5.74) is 1.97. The van der Waals surface area contributed by atoms with Crippen molar-refractivity contribution in [2.45, 2.75) is 46.8 Å². The molecule has 0 aliphatic rings. The van der Waals surface area contributed by atoms with Gasteiger partial charge >= 0.3 is 0 Å². The number of fused-ring (bicyclic) bond motifs is 1. The molecule has 31 heavy (non-hydrogen) atoms. The molecule has 2 N–H and O–H groups in total. The van der Waals surface area contributed by atoms with Crippen molar-refractivity contribution in [3.8, 4) is 5.75 Å². The quantitative estimate of drug-likeness (QED) is 0.558. The molecule has 6 nitrogen and oxygen atoms in total. The Hall–Kier alpha value is -3.00. The Kier molecular flexibility index (Phi) is 6.59. The maximum Gasteiger partial charge on any atom is 0.270 e. The Labute approximate surface area is 180 Å². The third kappa shape index (κ3) is 5.38. The van der Waals surface area contributed by atoms with E-state index < -0.39 is 11.6 Å². The zero-order chi connectivity index (χ0) is 22.8. The molecule has 2 aromatic heterocycles. The van der Waals surface area contributed by atoms with E-state index in [0.717, 1.165) is 5.56 Å². The van der Waals surface area contributed by atoms with E-state index in [1.165, 1.54) is 18.2 Å². The molecule has 2 heterocycles. The molecule has 0 unspecified atom stereocenters. The number of rotatable bonds is 7. The fourth-order valence-corrected chi connectivity index (χ4v) is 3.25. The number of pyridine rings is 1. The molecule has 3 aromatic rings. The third-order valence-electron chi connectivity index (χ3n) is 4.71. The molecule has 0 radical (unpaired) electrons. The van der Waals surface area contributed by atoms with Crippen LogP contribution in [0.3, 0.4) is 0 Å². The smallest absolute Gasteiger partial charge is 0.270 e. The van der Waals surface area contributed by atoms with E-state index in [2.05, 4.69) is 36.4 Å². The largest absolute Gasteiger partial charge is 0.485 e. The van der Waals surface area contributed by atoms with Crippen LogP contribution >= 0.6 is 0 Å². The van der Waals surface area contributed by atoms with Crippen LogP contribution in [-0.2, 0) is 6.61 Å². The van der Waals surface area contributed by atoms with Crippen molar-refractivity contribution >= 4 is 11.6 Å². The number of hydrogen-bond donors (Lipinski definition) is 2. The summed E-state index contributed by atoms with van der Waals surface area (Å²) in [6.07, 6.45) is 1.79. The van der Waals surface area contributed by atoms with Gasteiger partial charge in [-0.25, -0.2) is 13.8 Å². The van der Waals surface area contributed by atoms with Gasteiger partial charge in [-0.2, -0.15) is 0 Å². The summed E-state index contributed by atoms with van der Waals surface area (Å²) < 4.78 is 35.3. The molecule has 3 rings (SSSR count). The number of imidazole rings is 1. The summed E-state index contributed by atoms with van der Waals surface area (Å²) in [7, 11) is 0. The minimum atomic E-state index is -0.674. The maximum absolute atomic E-state index is 13.9. The molecular formula is C23H28F2N4O2. The number of hydrogen-bond acceptors (Lipinski definition) is 4. The summed E-state index contributed by atoms with van der Waals surface area (Å²) in [6, 6.07) is 5.41. The zero-order valence-electron chi connectivity index (χ0n) is 18.5. The highest BCUT2D eigenvalue weighted by atomic mass is 19.1. The second-order valence-electron chi connectivity index (χ2n) is 8.54. The minimum Gasteiger partial charge on any atom is -0.485 e. The Bertz CT molecular complexity index is 1080. The molecule has 1 aromatic carbocycles. The first-order chi connectivity index (χ1) is 14.6. The molecule has 166 valence electrons. The average Bonchev–Trinajstić information content (AvgIpc) is 2.99. The molecule has 0 aliphatic heterocycles. The van der Waals surface area contributed by atoms with Gasteiger partial charge in [0.05, 0.1) is 11.3 Å². The average molecular weight is 430 g/mol. The number of amides is 1. The van der Waals surface area contributed by atoms with Crippen LogP contribution in [0.25, 0.3) is 5.65 Å². The van der Waals surface area contributed by atoms with Gasteiger partial charge in [-0.3, -0.25) is 9.20 Å². The normalized spacial score (nSPS) is 11.7. The van der Waals surface area contributed by atoms with Gasteiger partial charge in [-0.15, -0.1) is 0 Å². The molecule has 0 saturated heterocycles. The molecule has 0 aliphatic carbocycles. The number of benzene rings is 1.